The van der Waals surface area contributed by atoms with E-state index in [0.717, 1.165) is 0 Å². The van der Waals surface area contributed by atoms with Crippen LogP contribution in [-0.4, -0.2) is 30.9 Å². The third kappa shape index (κ3) is 2.98. The first-order valence-corrected chi connectivity index (χ1v) is 8.08. The number of hydrogen-bond donors (Lipinski definition) is 2. The smallest absolute Gasteiger partial charge is 0.255 e. The van der Waals surface area contributed by atoms with Crippen molar-refractivity contribution >= 4 is 22.4 Å². The zero-order valence-electron chi connectivity index (χ0n) is 13.5. The molecule has 0 aromatic carbocycles. The molecule has 0 unspecified atom stereocenters. The molecule has 0 spiro atoms. The molecule has 0 fully saturated rings. The summed E-state index contributed by atoms with van der Waals surface area (Å²) in [7, 11) is 0. The molecule has 3 N–H and O–H groups in total. The van der Waals surface area contributed by atoms with Gasteiger partial charge in [-0.3, -0.25) is 4.79 Å². The molecule has 124 valence electrons. The van der Waals surface area contributed by atoms with Crippen molar-refractivity contribution in [1.82, 2.24) is 30.3 Å². The third-order valence-electron chi connectivity index (χ3n) is 3.52. The van der Waals surface area contributed by atoms with Gasteiger partial charge in [-0.1, -0.05) is 17.4 Å². The zero-order valence-corrected chi connectivity index (χ0v) is 14.3. The van der Waals surface area contributed by atoms with E-state index in [1.54, 1.807) is 10.9 Å². The second-order valence-electron chi connectivity index (χ2n) is 5.77. The lowest BCUT2D eigenvalue weighted by Gasteiger charge is -2.23. The summed E-state index contributed by atoms with van der Waals surface area (Å²) in [6.45, 7) is 5.53. The molecular weight excluding hydrogens is 326 g/mol. The molecule has 24 heavy (non-hydrogen) atoms. The monoisotopic (exact) mass is 343 g/mol. The van der Waals surface area contributed by atoms with Crippen molar-refractivity contribution in [2.24, 2.45) is 0 Å². The topological polar surface area (TPSA) is 112 Å². The number of hydrogen-bond acceptors (Lipinski definition) is 7. The summed E-state index contributed by atoms with van der Waals surface area (Å²) in [5.41, 5.74) is 6.12. The maximum Gasteiger partial charge on any atom is 0.255 e. The molecule has 9 heteroatoms. The Balaban J connectivity index is 1.85. The van der Waals surface area contributed by atoms with Crippen molar-refractivity contribution in [3.8, 4) is 5.82 Å². The van der Waals surface area contributed by atoms with Crippen molar-refractivity contribution in [1.29, 1.82) is 0 Å². The SMILES string of the molecule is Cc1c(C(=O)NC(C)(C)c2nnc(N)s2)cnn1-c1ccccn1. The standard InChI is InChI=1S/C15H17N7OS/c1-9-10(8-18-22(9)11-6-4-5-7-17-11)12(23)19-15(2,3)13-20-21-14(16)24-13/h4-8H,1-3H3,(H2,16,21)(H,19,23). The molecule has 0 atom stereocenters. The molecule has 0 radical (unpaired) electrons. The van der Waals surface area contributed by atoms with Crippen LogP contribution in [-0.2, 0) is 5.54 Å². The van der Waals surface area contributed by atoms with Crippen LogP contribution < -0.4 is 11.1 Å². The van der Waals surface area contributed by atoms with Crippen LogP contribution in [0.1, 0.15) is 34.9 Å². The van der Waals surface area contributed by atoms with Gasteiger partial charge in [-0.2, -0.15) is 5.10 Å². The number of nitrogens with zero attached hydrogens (tertiary/aromatic N) is 5. The maximum atomic E-state index is 12.6. The maximum absolute atomic E-state index is 12.6. The lowest BCUT2D eigenvalue weighted by molar-refractivity contribution is 0.0911. The lowest BCUT2D eigenvalue weighted by atomic mass is 10.1. The number of nitrogen functional groups attached to an aromatic ring is 1. The highest BCUT2D eigenvalue weighted by molar-refractivity contribution is 7.15. The average molecular weight is 343 g/mol. The number of nitrogens with one attached hydrogen (secondary N) is 1. The number of pyridine rings is 1. The van der Waals surface area contributed by atoms with Crippen LogP contribution in [0.5, 0.6) is 0 Å². The van der Waals surface area contributed by atoms with Crippen LogP contribution in [0.2, 0.25) is 0 Å². The average Bonchev–Trinajstić information content (AvgIpc) is 3.14. The number of nitrogens with two attached hydrogens (primary N) is 1. The van der Waals surface area contributed by atoms with E-state index in [1.165, 1.54) is 17.5 Å². The summed E-state index contributed by atoms with van der Waals surface area (Å²) in [6, 6.07) is 5.52. The Labute approximate surface area is 142 Å². The van der Waals surface area contributed by atoms with Gasteiger partial charge in [-0.15, -0.1) is 10.2 Å². The summed E-state index contributed by atoms with van der Waals surface area (Å²) in [5.74, 6) is 0.415. The van der Waals surface area contributed by atoms with E-state index >= 15 is 0 Å². The first-order valence-electron chi connectivity index (χ1n) is 7.26. The van der Waals surface area contributed by atoms with Crippen LogP contribution >= 0.6 is 11.3 Å². The van der Waals surface area contributed by atoms with E-state index in [1.807, 2.05) is 39.0 Å². The van der Waals surface area contributed by atoms with E-state index in [2.05, 4.69) is 25.6 Å². The van der Waals surface area contributed by atoms with Crippen LogP contribution in [0, 0.1) is 6.92 Å². The fourth-order valence-electron chi connectivity index (χ4n) is 2.23. The van der Waals surface area contributed by atoms with Gasteiger partial charge in [0, 0.05) is 6.20 Å². The highest BCUT2D eigenvalue weighted by Crippen LogP contribution is 2.25. The van der Waals surface area contributed by atoms with E-state index < -0.39 is 5.54 Å². The van der Waals surface area contributed by atoms with Crippen molar-refractivity contribution in [3.63, 3.8) is 0 Å². The first kappa shape index (κ1) is 16.1. The molecule has 3 heterocycles. The minimum atomic E-state index is -0.689. The molecule has 0 aliphatic heterocycles. The van der Waals surface area contributed by atoms with Crippen LogP contribution in [0.3, 0.4) is 0 Å². The van der Waals surface area contributed by atoms with Gasteiger partial charge in [0.05, 0.1) is 23.0 Å². The summed E-state index contributed by atoms with van der Waals surface area (Å²) in [6.07, 6.45) is 3.21. The number of rotatable bonds is 4. The van der Waals surface area contributed by atoms with E-state index in [0.29, 0.717) is 27.2 Å². The Kier molecular flexibility index (Phi) is 4.02. The van der Waals surface area contributed by atoms with E-state index in [9.17, 15) is 4.79 Å². The highest BCUT2D eigenvalue weighted by atomic mass is 32.1. The molecule has 3 aromatic rings. The number of amides is 1. The predicted molar refractivity (Wildman–Crippen MR) is 90.9 cm³/mol. The molecule has 3 rings (SSSR count). The Morgan fingerprint density at radius 1 is 1.33 bits per heavy atom. The first-order chi connectivity index (χ1) is 11.4. The van der Waals surface area contributed by atoms with Crippen molar-refractivity contribution in [2.75, 3.05) is 5.73 Å². The van der Waals surface area contributed by atoms with Gasteiger partial charge < -0.3 is 11.1 Å². The van der Waals surface area contributed by atoms with Crippen molar-refractivity contribution in [3.05, 3.63) is 46.9 Å². The predicted octanol–water partition coefficient (Wildman–Crippen LogP) is 1.67. The van der Waals surface area contributed by atoms with Gasteiger partial charge in [0.2, 0.25) is 5.13 Å². The Morgan fingerprint density at radius 3 is 2.75 bits per heavy atom. The van der Waals surface area contributed by atoms with Crippen LogP contribution in [0.25, 0.3) is 5.82 Å². The molecule has 3 aromatic heterocycles. The van der Waals surface area contributed by atoms with Crippen LogP contribution in [0.15, 0.2) is 30.6 Å². The van der Waals surface area contributed by atoms with Gasteiger partial charge in [-0.25, -0.2) is 9.67 Å². The largest absolute Gasteiger partial charge is 0.374 e. The Bertz CT molecular complexity index is 869. The minimum absolute atomic E-state index is 0.242. The molecule has 0 saturated heterocycles. The van der Waals surface area contributed by atoms with Gasteiger partial charge in [0.1, 0.15) is 5.01 Å². The quantitative estimate of drug-likeness (QED) is 0.745. The van der Waals surface area contributed by atoms with E-state index in [-0.39, 0.29) is 5.91 Å². The molecule has 0 saturated carbocycles. The number of carbonyl (C=O) groups is 1. The zero-order chi connectivity index (χ0) is 17.3. The van der Waals surface area contributed by atoms with Crippen molar-refractivity contribution < 1.29 is 4.79 Å². The van der Waals surface area contributed by atoms with Gasteiger partial charge >= 0.3 is 0 Å². The van der Waals surface area contributed by atoms with E-state index in [4.69, 9.17) is 5.73 Å². The van der Waals surface area contributed by atoms with Gasteiger partial charge in [0.25, 0.3) is 5.91 Å². The molecule has 0 aliphatic rings. The summed E-state index contributed by atoms with van der Waals surface area (Å²) >= 11 is 1.25. The highest BCUT2D eigenvalue weighted by Gasteiger charge is 2.29. The Morgan fingerprint density at radius 2 is 2.12 bits per heavy atom. The number of anilines is 1. The second kappa shape index (κ2) is 6.00. The third-order valence-corrected chi connectivity index (χ3v) is 4.60. The summed E-state index contributed by atoms with van der Waals surface area (Å²) in [4.78, 5) is 16.9. The minimum Gasteiger partial charge on any atom is -0.374 e. The normalized spacial score (nSPS) is 11.5. The van der Waals surface area contributed by atoms with Gasteiger partial charge in [-0.05, 0) is 32.9 Å². The van der Waals surface area contributed by atoms with Gasteiger partial charge in [0.15, 0.2) is 5.82 Å². The van der Waals surface area contributed by atoms with Crippen LogP contribution in [0.4, 0.5) is 5.13 Å². The number of aromatic nitrogens is 5. The van der Waals surface area contributed by atoms with Crippen molar-refractivity contribution in [2.45, 2.75) is 26.3 Å². The fraction of sp³-hybridized carbons (Fsp3) is 0.267. The second-order valence-corrected chi connectivity index (χ2v) is 6.78. The molecule has 1 amide bonds. The lowest BCUT2D eigenvalue weighted by Crippen LogP contribution is -2.41. The summed E-state index contributed by atoms with van der Waals surface area (Å²) in [5, 5.41) is 16.0. The Hall–Kier alpha value is -2.81. The molecule has 0 aliphatic carbocycles. The summed E-state index contributed by atoms with van der Waals surface area (Å²) < 4.78 is 1.63. The molecule has 8 nitrogen and oxygen atoms in total. The number of carbonyl (C=O) groups excluding carboxylic acids is 1. The fourth-order valence-corrected chi connectivity index (χ4v) is 2.90. The molecule has 0 bridgehead atoms. The molecular formula is C15H17N7OS.